The molecule has 2 aliphatic heterocycles. The standard InChI is InChI=1S/C22H27F3N4O2/c1-2-19(30)29-12-9-16-18(13-29)26-27-20(16)21(31)28-10-7-14(8-11-28)15-5-3-4-6-17(15)22(23,24)25/h3-6,14,19,30H,2,7-13H2,1H3,(H,26,27). The van der Waals surface area contributed by atoms with Crippen molar-refractivity contribution in [2.75, 3.05) is 19.6 Å². The van der Waals surface area contributed by atoms with E-state index >= 15 is 0 Å². The van der Waals surface area contributed by atoms with E-state index in [-0.39, 0.29) is 11.8 Å². The molecule has 0 aliphatic carbocycles. The molecule has 1 fully saturated rings. The van der Waals surface area contributed by atoms with Gasteiger partial charge in [0, 0.05) is 31.7 Å². The minimum atomic E-state index is -4.38. The number of H-pyrrole nitrogens is 1. The second-order valence-corrected chi connectivity index (χ2v) is 8.29. The first kappa shape index (κ1) is 21.8. The highest BCUT2D eigenvalue weighted by Crippen LogP contribution is 2.38. The van der Waals surface area contributed by atoms with E-state index in [1.54, 1.807) is 17.0 Å². The van der Waals surface area contributed by atoms with Crippen LogP contribution in [-0.2, 0) is 19.1 Å². The number of piperidine rings is 1. The number of benzene rings is 1. The first-order valence-corrected chi connectivity index (χ1v) is 10.7. The Hall–Kier alpha value is -2.39. The first-order chi connectivity index (χ1) is 14.8. The summed E-state index contributed by atoms with van der Waals surface area (Å²) in [5, 5.41) is 17.2. The third-order valence-corrected chi connectivity index (χ3v) is 6.44. The molecule has 1 saturated heterocycles. The topological polar surface area (TPSA) is 72.5 Å². The van der Waals surface area contributed by atoms with Crippen molar-refractivity contribution in [1.29, 1.82) is 0 Å². The molecule has 1 atom stereocenters. The second kappa shape index (κ2) is 8.63. The van der Waals surface area contributed by atoms with Gasteiger partial charge in [0.25, 0.3) is 5.91 Å². The lowest BCUT2D eigenvalue weighted by molar-refractivity contribution is -0.138. The molecule has 0 bridgehead atoms. The summed E-state index contributed by atoms with van der Waals surface area (Å²) >= 11 is 0. The fraction of sp³-hybridized carbons (Fsp3) is 0.545. The largest absolute Gasteiger partial charge is 0.416 e. The molecular weight excluding hydrogens is 409 g/mol. The minimum Gasteiger partial charge on any atom is -0.378 e. The van der Waals surface area contributed by atoms with Crippen molar-refractivity contribution < 1.29 is 23.1 Å². The van der Waals surface area contributed by atoms with Crippen LogP contribution in [0.15, 0.2) is 24.3 Å². The Bertz CT molecular complexity index is 935. The molecule has 31 heavy (non-hydrogen) atoms. The van der Waals surface area contributed by atoms with Crippen LogP contribution in [0.5, 0.6) is 0 Å². The van der Waals surface area contributed by atoms with Crippen molar-refractivity contribution in [3.05, 3.63) is 52.3 Å². The lowest BCUT2D eigenvalue weighted by atomic mass is 9.86. The monoisotopic (exact) mass is 436 g/mol. The van der Waals surface area contributed by atoms with Gasteiger partial charge in [-0.2, -0.15) is 18.3 Å². The van der Waals surface area contributed by atoms with Gasteiger partial charge in [-0.15, -0.1) is 0 Å². The number of carbonyl (C=O) groups excluding carboxylic acids is 1. The molecule has 1 amide bonds. The number of aromatic amines is 1. The van der Waals surface area contributed by atoms with Gasteiger partial charge < -0.3 is 10.0 Å². The van der Waals surface area contributed by atoms with Crippen molar-refractivity contribution in [2.45, 2.75) is 57.5 Å². The van der Waals surface area contributed by atoms with Gasteiger partial charge in [0.05, 0.1) is 11.3 Å². The lowest BCUT2D eigenvalue weighted by Gasteiger charge is -2.33. The molecule has 2 aliphatic rings. The van der Waals surface area contributed by atoms with E-state index in [2.05, 4.69) is 10.2 Å². The van der Waals surface area contributed by atoms with E-state index in [1.807, 2.05) is 11.8 Å². The molecular formula is C22H27F3N4O2. The number of nitrogens with one attached hydrogen (secondary N) is 1. The number of amides is 1. The summed E-state index contributed by atoms with van der Waals surface area (Å²) in [6.07, 6.45) is -2.67. The van der Waals surface area contributed by atoms with E-state index in [0.29, 0.717) is 63.1 Å². The molecule has 2 aromatic rings. The minimum absolute atomic E-state index is 0.176. The summed E-state index contributed by atoms with van der Waals surface area (Å²) < 4.78 is 40.1. The van der Waals surface area contributed by atoms with Gasteiger partial charge in [0.15, 0.2) is 5.69 Å². The van der Waals surface area contributed by atoms with Crippen LogP contribution in [0.4, 0.5) is 13.2 Å². The van der Waals surface area contributed by atoms with Crippen LogP contribution in [-0.4, -0.2) is 56.9 Å². The molecule has 6 nitrogen and oxygen atoms in total. The number of fused-ring (bicyclic) bond motifs is 1. The van der Waals surface area contributed by atoms with E-state index in [4.69, 9.17) is 0 Å². The molecule has 9 heteroatoms. The van der Waals surface area contributed by atoms with Gasteiger partial charge in [-0.3, -0.25) is 14.8 Å². The fourth-order valence-electron chi connectivity index (χ4n) is 4.68. The van der Waals surface area contributed by atoms with Crippen LogP contribution >= 0.6 is 0 Å². The third-order valence-electron chi connectivity index (χ3n) is 6.44. The number of aliphatic hydroxyl groups excluding tert-OH is 1. The van der Waals surface area contributed by atoms with Crippen LogP contribution in [0.1, 0.15) is 65.0 Å². The lowest BCUT2D eigenvalue weighted by Crippen LogP contribution is -2.40. The first-order valence-electron chi connectivity index (χ1n) is 10.7. The summed E-state index contributed by atoms with van der Waals surface area (Å²) in [6, 6.07) is 5.72. The summed E-state index contributed by atoms with van der Waals surface area (Å²) in [5.74, 6) is -0.399. The molecule has 1 aromatic heterocycles. The number of hydrogen-bond donors (Lipinski definition) is 2. The number of rotatable bonds is 4. The number of likely N-dealkylation sites (tertiary alicyclic amines) is 1. The van der Waals surface area contributed by atoms with Crippen LogP contribution in [0.25, 0.3) is 0 Å². The Morgan fingerprint density at radius 1 is 1.26 bits per heavy atom. The van der Waals surface area contributed by atoms with Crippen molar-refractivity contribution in [1.82, 2.24) is 20.0 Å². The number of aliphatic hydroxyl groups is 1. The molecule has 0 spiro atoms. The van der Waals surface area contributed by atoms with Crippen LogP contribution in [0.2, 0.25) is 0 Å². The predicted octanol–water partition coefficient (Wildman–Crippen LogP) is 3.53. The molecule has 1 unspecified atom stereocenters. The Kier molecular flexibility index (Phi) is 6.07. The second-order valence-electron chi connectivity index (χ2n) is 8.29. The Labute approximate surface area is 179 Å². The molecule has 3 heterocycles. The quantitative estimate of drug-likeness (QED) is 0.769. The van der Waals surface area contributed by atoms with Crippen LogP contribution in [0.3, 0.4) is 0 Å². The van der Waals surface area contributed by atoms with Gasteiger partial charge in [-0.1, -0.05) is 25.1 Å². The smallest absolute Gasteiger partial charge is 0.378 e. The molecule has 0 saturated carbocycles. The van der Waals surface area contributed by atoms with Crippen LogP contribution < -0.4 is 0 Å². The van der Waals surface area contributed by atoms with Gasteiger partial charge in [-0.25, -0.2) is 0 Å². The molecule has 168 valence electrons. The zero-order chi connectivity index (χ0) is 22.2. The summed E-state index contributed by atoms with van der Waals surface area (Å²) in [6.45, 7) is 3.88. The summed E-state index contributed by atoms with van der Waals surface area (Å²) in [7, 11) is 0. The highest BCUT2D eigenvalue weighted by molar-refractivity contribution is 5.94. The van der Waals surface area contributed by atoms with E-state index in [1.165, 1.54) is 6.07 Å². The predicted molar refractivity (Wildman–Crippen MR) is 108 cm³/mol. The van der Waals surface area contributed by atoms with Gasteiger partial charge >= 0.3 is 6.18 Å². The number of carbonyl (C=O) groups is 1. The Balaban J connectivity index is 1.43. The Morgan fingerprint density at radius 2 is 1.97 bits per heavy atom. The number of aromatic nitrogens is 2. The van der Waals surface area contributed by atoms with Crippen molar-refractivity contribution in [3.63, 3.8) is 0 Å². The normalized spacial score (nSPS) is 19.3. The van der Waals surface area contributed by atoms with E-state index in [0.717, 1.165) is 17.3 Å². The third kappa shape index (κ3) is 4.34. The maximum absolute atomic E-state index is 13.4. The molecule has 1 aromatic carbocycles. The Morgan fingerprint density at radius 3 is 2.65 bits per heavy atom. The van der Waals surface area contributed by atoms with Crippen molar-refractivity contribution >= 4 is 5.91 Å². The zero-order valence-corrected chi connectivity index (χ0v) is 17.5. The zero-order valence-electron chi connectivity index (χ0n) is 17.5. The number of alkyl halides is 3. The van der Waals surface area contributed by atoms with E-state index in [9.17, 15) is 23.1 Å². The number of hydrogen-bond acceptors (Lipinski definition) is 4. The molecule has 2 N–H and O–H groups in total. The maximum Gasteiger partial charge on any atom is 0.416 e. The van der Waals surface area contributed by atoms with Crippen molar-refractivity contribution in [3.8, 4) is 0 Å². The fourth-order valence-corrected chi connectivity index (χ4v) is 4.68. The van der Waals surface area contributed by atoms with Gasteiger partial charge in [-0.05, 0) is 43.2 Å². The summed E-state index contributed by atoms with van der Waals surface area (Å²) in [5.41, 5.74) is 1.86. The number of halogens is 3. The molecule has 4 rings (SSSR count). The summed E-state index contributed by atoms with van der Waals surface area (Å²) in [4.78, 5) is 16.7. The molecule has 0 radical (unpaired) electrons. The van der Waals surface area contributed by atoms with Crippen LogP contribution in [0, 0.1) is 0 Å². The van der Waals surface area contributed by atoms with Crippen molar-refractivity contribution in [2.24, 2.45) is 0 Å². The average molecular weight is 436 g/mol. The van der Waals surface area contributed by atoms with Gasteiger partial charge in [0.2, 0.25) is 0 Å². The SMILES string of the molecule is CCC(O)N1CCc2c(C(=O)N3CCC(c4ccccc4C(F)(F)F)CC3)n[nH]c2C1. The maximum atomic E-state index is 13.4. The van der Waals surface area contributed by atoms with E-state index < -0.39 is 18.0 Å². The number of nitrogens with zero attached hydrogens (tertiary/aromatic N) is 3. The average Bonchev–Trinajstić information content (AvgIpc) is 3.21. The highest BCUT2D eigenvalue weighted by Gasteiger charge is 2.37. The highest BCUT2D eigenvalue weighted by atomic mass is 19.4. The van der Waals surface area contributed by atoms with Gasteiger partial charge in [0.1, 0.15) is 6.23 Å².